The highest BCUT2D eigenvalue weighted by molar-refractivity contribution is 8.27. The summed E-state index contributed by atoms with van der Waals surface area (Å²) in [7, 11) is 0. The zero-order valence-corrected chi connectivity index (χ0v) is 13.6. The van der Waals surface area contributed by atoms with Crippen LogP contribution in [0.1, 0.15) is 0 Å². The number of carbonyl (C=O) groups excluding carboxylic acids is 1. The van der Waals surface area contributed by atoms with Gasteiger partial charge in [-0.2, -0.15) is 0 Å². The highest BCUT2D eigenvalue weighted by Gasteiger charge is 2.33. The first-order valence-electron chi connectivity index (χ1n) is 6.88. The van der Waals surface area contributed by atoms with E-state index in [4.69, 9.17) is 17.0 Å². The summed E-state index contributed by atoms with van der Waals surface area (Å²) in [5.41, 5.74) is 0.637. The molecule has 3 rings (SSSR count). The van der Waals surface area contributed by atoms with Crippen molar-refractivity contribution in [2.24, 2.45) is 0 Å². The highest BCUT2D eigenvalue weighted by atomic mass is 32.2. The fourth-order valence-electron chi connectivity index (χ4n) is 2.06. The minimum atomic E-state index is -0.178. The largest absolute Gasteiger partial charge is 0.508 e. The highest BCUT2D eigenvalue weighted by Crippen LogP contribution is 2.35. The molecule has 1 fully saturated rings. The standard InChI is InChI=1S/C17H13NO3S2/c19-13-8-6-12(7-9-13)18-16(20)15(23-17(18)22)10-11-21-14-4-2-1-3-5-14/h1-10,19H,11H2. The Balaban J connectivity index is 1.70. The summed E-state index contributed by atoms with van der Waals surface area (Å²) in [6.45, 7) is 0.296. The van der Waals surface area contributed by atoms with Crippen molar-refractivity contribution >= 4 is 39.9 Å². The van der Waals surface area contributed by atoms with E-state index in [-0.39, 0.29) is 11.7 Å². The lowest BCUT2D eigenvalue weighted by molar-refractivity contribution is -0.113. The van der Waals surface area contributed by atoms with Crippen molar-refractivity contribution in [2.45, 2.75) is 0 Å². The summed E-state index contributed by atoms with van der Waals surface area (Å²) in [6, 6.07) is 15.8. The molecule has 0 aromatic heterocycles. The van der Waals surface area contributed by atoms with Gasteiger partial charge in [0.25, 0.3) is 5.91 Å². The minimum absolute atomic E-state index is 0.144. The SMILES string of the molecule is O=C1C(=CCOc2ccccc2)SC(=S)N1c1ccc(O)cc1. The third-order valence-electron chi connectivity index (χ3n) is 3.16. The van der Waals surface area contributed by atoms with Gasteiger partial charge in [-0.3, -0.25) is 9.69 Å². The van der Waals surface area contributed by atoms with Gasteiger partial charge in [0, 0.05) is 0 Å². The average Bonchev–Trinajstić information content (AvgIpc) is 2.84. The monoisotopic (exact) mass is 343 g/mol. The van der Waals surface area contributed by atoms with Crippen LogP contribution in [0.25, 0.3) is 0 Å². The molecule has 1 saturated heterocycles. The predicted molar refractivity (Wildman–Crippen MR) is 95.8 cm³/mol. The van der Waals surface area contributed by atoms with E-state index in [9.17, 15) is 9.90 Å². The van der Waals surface area contributed by atoms with Gasteiger partial charge >= 0.3 is 0 Å². The van der Waals surface area contributed by atoms with Gasteiger partial charge in [-0.15, -0.1) is 0 Å². The molecule has 0 unspecified atom stereocenters. The van der Waals surface area contributed by atoms with Gasteiger partial charge in [-0.05, 0) is 42.5 Å². The van der Waals surface area contributed by atoms with Gasteiger partial charge in [-0.1, -0.05) is 42.2 Å². The molecule has 1 amide bonds. The second-order valence-corrected chi connectivity index (χ2v) is 6.39. The van der Waals surface area contributed by atoms with Crippen molar-refractivity contribution in [2.75, 3.05) is 11.5 Å². The maximum Gasteiger partial charge on any atom is 0.270 e. The van der Waals surface area contributed by atoms with Gasteiger partial charge in [-0.25, -0.2) is 0 Å². The van der Waals surface area contributed by atoms with Crippen LogP contribution in [0.3, 0.4) is 0 Å². The number of amides is 1. The number of rotatable bonds is 4. The minimum Gasteiger partial charge on any atom is -0.508 e. The van der Waals surface area contributed by atoms with Crippen molar-refractivity contribution in [3.63, 3.8) is 0 Å². The third-order valence-corrected chi connectivity index (χ3v) is 4.51. The summed E-state index contributed by atoms with van der Waals surface area (Å²) in [6.07, 6.45) is 1.73. The van der Waals surface area contributed by atoms with Crippen LogP contribution in [0.4, 0.5) is 5.69 Å². The molecule has 1 aliphatic rings. The molecule has 1 aliphatic heterocycles. The van der Waals surface area contributed by atoms with Gasteiger partial charge < -0.3 is 9.84 Å². The molecule has 116 valence electrons. The van der Waals surface area contributed by atoms with Gasteiger partial charge in [0.15, 0.2) is 4.32 Å². The molecule has 0 atom stereocenters. The van der Waals surface area contributed by atoms with E-state index in [1.54, 1.807) is 18.2 Å². The Labute approximate surface area is 143 Å². The Bertz CT molecular complexity index is 757. The summed E-state index contributed by atoms with van der Waals surface area (Å²) in [4.78, 5) is 14.5. The average molecular weight is 343 g/mol. The van der Waals surface area contributed by atoms with E-state index in [0.717, 1.165) is 5.75 Å². The van der Waals surface area contributed by atoms with E-state index in [1.165, 1.54) is 28.8 Å². The Hall–Kier alpha value is -2.31. The van der Waals surface area contributed by atoms with Crippen LogP contribution in [-0.4, -0.2) is 21.9 Å². The van der Waals surface area contributed by atoms with Crippen LogP contribution in [0.15, 0.2) is 65.6 Å². The smallest absolute Gasteiger partial charge is 0.270 e. The molecule has 23 heavy (non-hydrogen) atoms. The number of para-hydroxylation sites is 1. The number of ether oxygens (including phenoxy) is 1. The number of phenols is 1. The Morgan fingerprint density at radius 3 is 2.52 bits per heavy atom. The summed E-state index contributed by atoms with van der Waals surface area (Å²) >= 11 is 6.52. The second-order valence-electron chi connectivity index (χ2n) is 4.72. The predicted octanol–water partition coefficient (Wildman–Crippen LogP) is 3.72. The maximum atomic E-state index is 12.5. The number of phenolic OH excluding ortho intramolecular Hbond substituents is 1. The topological polar surface area (TPSA) is 49.8 Å². The molecule has 1 N–H and O–H groups in total. The first kappa shape index (κ1) is 15.6. The van der Waals surface area contributed by atoms with Crippen LogP contribution >= 0.6 is 24.0 Å². The van der Waals surface area contributed by atoms with Crippen LogP contribution in [0.5, 0.6) is 11.5 Å². The lowest BCUT2D eigenvalue weighted by Crippen LogP contribution is -2.27. The van der Waals surface area contributed by atoms with Crippen molar-refractivity contribution in [3.05, 3.63) is 65.6 Å². The second kappa shape index (κ2) is 6.85. The number of hydrogen-bond donors (Lipinski definition) is 1. The fraction of sp³-hybridized carbons (Fsp3) is 0.0588. The normalized spacial score (nSPS) is 16.2. The molecule has 0 radical (unpaired) electrons. The molecule has 0 saturated carbocycles. The lowest BCUT2D eigenvalue weighted by atomic mass is 10.2. The van der Waals surface area contributed by atoms with E-state index in [1.807, 2.05) is 30.3 Å². The van der Waals surface area contributed by atoms with Crippen molar-refractivity contribution in [3.8, 4) is 11.5 Å². The molecule has 1 heterocycles. The number of aromatic hydroxyl groups is 1. The quantitative estimate of drug-likeness (QED) is 0.677. The van der Waals surface area contributed by atoms with E-state index >= 15 is 0 Å². The Morgan fingerprint density at radius 2 is 1.83 bits per heavy atom. The third kappa shape index (κ3) is 3.55. The molecule has 4 nitrogen and oxygen atoms in total. The van der Waals surface area contributed by atoms with E-state index in [2.05, 4.69) is 0 Å². The molecular weight excluding hydrogens is 330 g/mol. The molecule has 2 aromatic rings. The van der Waals surface area contributed by atoms with E-state index in [0.29, 0.717) is 21.5 Å². The van der Waals surface area contributed by atoms with Gasteiger partial charge in [0.1, 0.15) is 18.1 Å². The Morgan fingerprint density at radius 1 is 1.13 bits per heavy atom. The number of nitrogens with zero attached hydrogens (tertiary/aromatic N) is 1. The molecule has 0 spiro atoms. The Kier molecular flexibility index (Phi) is 4.64. The maximum absolute atomic E-state index is 12.5. The van der Waals surface area contributed by atoms with Gasteiger partial charge in [0.2, 0.25) is 0 Å². The van der Waals surface area contributed by atoms with Crippen LogP contribution < -0.4 is 9.64 Å². The summed E-state index contributed by atoms with van der Waals surface area (Å²) < 4.78 is 6.04. The van der Waals surface area contributed by atoms with Crippen molar-refractivity contribution in [1.82, 2.24) is 0 Å². The molecular formula is C17H13NO3S2. The number of thioether (sulfide) groups is 1. The van der Waals surface area contributed by atoms with Crippen molar-refractivity contribution in [1.29, 1.82) is 0 Å². The van der Waals surface area contributed by atoms with Crippen molar-refractivity contribution < 1.29 is 14.6 Å². The number of benzene rings is 2. The number of anilines is 1. The van der Waals surface area contributed by atoms with E-state index < -0.39 is 0 Å². The molecule has 2 aromatic carbocycles. The molecule has 0 bridgehead atoms. The van der Waals surface area contributed by atoms with Crippen LogP contribution in [-0.2, 0) is 4.79 Å². The zero-order chi connectivity index (χ0) is 16.2. The number of hydrogen-bond acceptors (Lipinski definition) is 5. The van der Waals surface area contributed by atoms with Gasteiger partial charge in [0.05, 0.1) is 10.6 Å². The lowest BCUT2D eigenvalue weighted by Gasteiger charge is -2.14. The first-order valence-corrected chi connectivity index (χ1v) is 8.11. The summed E-state index contributed by atoms with van der Waals surface area (Å²) in [5, 5.41) is 9.34. The fourth-order valence-corrected chi connectivity index (χ4v) is 3.32. The molecule has 6 heteroatoms. The number of thiocarbonyl (C=S) groups is 1. The molecule has 0 aliphatic carbocycles. The number of carbonyl (C=O) groups is 1. The first-order chi connectivity index (χ1) is 11.1. The zero-order valence-electron chi connectivity index (χ0n) is 12.0. The van der Waals surface area contributed by atoms with Crippen LogP contribution in [0, 0.1) is 0 Å². The van der Waals surface area contributed by atoms with Crippen LogP contribution in [0.2, 0.25) is 0 Å². The summed E-state index contributed by atoms with van der Waals surface area (Å²) in [5.74, 6) is 0.714.